The third kappa shape index (κ3) is 4.52. The van der Waals surface area contributed by atoms with Crippen molar-refractivity contribution in [2.24, 2.45) is 21.7 Å². The van der Waals surface area contributed by atoms with Crippen LogP contribution in [0.5, 0.6) is 11.5 Å². The van der Waals surface area contributed by atoms with Crippen LogP contribution in [0.1, 0.15) is 69.1 Å². The van der Waals surface area contributed by atoms with Crippen LogP contribution in [0.4, 0.5) is 5.69 Å². The van der Waals surface area contributed by atoms with Crippen molar-refractivity contribution in [3.8, 4) is 11.5 Å². The average Bonchev–Trinajstić information content (AvgIpc) is 3.27. The van der Waals surface area contributed by atoms with E-state index in [1.54, 1.807) is 12.3 Å². The van der Waals surface area contributed by atoms with Crippen LogP contribution in [-0.4, -0.2) is 51.9 Å². The minimum Gasteiger partial charge on any atom is -0.443 e. The standard InChI is InChI=1S/C34H37ClN6O4/c1-32(2)19-43-18-28(32)41-25-15-20(30(36)39-42)7-9-23(25)38-31(41)22-16-34(22)11-13-40(14-12-34)24-5-4-6-26-29(24)45-33(3,44-26)27-10-8-21(35)17-37-27/h4-10,15,17,22,28,42H,11-14,16,18-19H2,1-3H3,(H2,36,39)/t22-,28+,33-/m0/s1. The third-order valence-corrected chi connectivity index (χ3v) is 10.7. The lowest BCUT2D eigenvalue weighted by Gasteiger charge is -2.35. The summed E-state index contributed by atoms with van der Waals surface area (Å²) in [5, 5.41) is 13.1. The molecule has 8 rings (SSSR count). The molecule has 3 fully saturated rings. The molecule has 3 aliphatic heterocycles. The molecule has 2 saturated heterocycles. The first-order chi connectivity index (χ1) is 21.6. The molecule has 234 valence electrons. The Morgan fingerprint density at radius 1 is 1.09 bits per heavy atom. The van der Waals surface area contributed by atoms with Crippen LogP contribution in [0.3, 0.4) is 0 Å². The lowest BCUT2D eigenvalue weighted by molar-refractivity contribution is -0.0716. The Morgan fingerprint density at radius 2 is 1.91 bits per heavy atom. The van der Waals surface area contributed by atoms with Crippen LogP contribution < -0.4 is 20.1 Å². The van der Waals surface area contributed by atoms with Crippen LogP contribution in [0.15, 0.2) is 59.9 Å². The van der Waals surface area contributed by atoms with E-state index in [1.807, 2.05) is 43.3 Å². The summed E-state index contributed by atoms with van der Waals surface area (Å²) in [4.78, 5) is 12.1. The molecule has 0 amide bonds. The summed E-state index contributed by atoms with van der Waals surface area (Å²) < 4.78 is 21.2. The largest absolute Gasteiger partial charge is 0.443 e. The number of pyridine rings is 1. The van der Waals surface area contributed by atoms with Crippen LogP contribution in [0.25, 0.3) is 11.0 Å². The Morgan fingerprint density at radius 3 is 2.62 bits per heavy atom. The lowest BCUT2D eigenvalue weighted by Crippen LogP contribution is -2.36. The molecular formula is C34H37ClN6O4. The fraction of sp³-hybridized carbons (Fsp3) is 0.441. The monoisotopic (exact) mass is 628 g/mol. The van der Waals surface area contributed by atoms with Gasteiger partial charge in [-0.2, -0.15) is 0 Å². The molecule has 3 atom stereocenters. The molecular weight excluding hydrogens is 592 g/mol. The number of halogens is 1. The molecule has 11 heteroatoms. The van der Waals surface area contributed by atoms with Gasteiger partial charge in [-0.15, -0.1) is 0 Å². The molecule has 0 bridgehead atoms. The number of hydrogen-bond donors (Lipinski definition) is 2. The zero-order valence-electron chi connectivity index (χ0n) is 25.7. The minimum atomic E-state index is -1.02. The molecule has 2 aromatic carbocycles. The quantitative estimate of drug-likeness (QED) is 0.116. The number of imidazole rings is 1. The van der Waals surface area contributed by atoms with Gasteiger partial charge in [-0.05, 0) is 67.1 Å². The van der Waals surface area contributed by atoms with Gasteiger partial charge in [-0.3, -0.25) is 4.98 Å². The van der Waals surface area contributed by atoms with Gasteiger partial charge < -0.3 is 34.6 Å². The first kappa shape index (κ1) is 28.5. The van der Waals surface area contributed by atoms with E-state index in [1.165, 1.54) is 0 Å². The van der Waals surface area contributed by atoms with E-state index in [0.717, 1.165) is 66.4 Å². The molecule has 1 saturated carbocycles. The molecule has 5 heterocycles. The van der Waals surface area contributed by atoms with Gasteiger partial charge in [-0.25, -0.2) is 4.98 Å². The number of para-hydroxylation sites is 1. The van der Waals surface area contributed by atoms with Gasteiger partial charge >= 0.3 is 0 Å². The van der Waals surface area contributed by atoms with E-state index < -0.39 is 5.79 Å². The van der Waals surface area contributed by atoms with Gasteiger partial charge in [0.25, 0.3) is 5.79 Å². The molecule has 45 heavy (non-hydrogen) atoms. The topological polar surface area (TPSA) is 120 Å². The van der Waals surface area contributed by atoms with Gasteiger partial charge in [0, 0.05) is 43.1 Å². The Bertz CT molecular complexity index is 1830. The first-order valence-corrected chi connectivity index (χ1v) is 15.9. The van der Waals surface area contributed by atoms with Crippen molar-refractivity contribution in [2.45, 2.75) is 57.8 Å². The van der Waals surface area contributed by atoms with Crippen molar-refractivity contribution < 1.29 is 19.4 Å². The third-order valence-electron chi connectivity index (χ3n) is 10.4. The van der Waals surface area contributed by atoms with E-state index in [0.29, 0.717) is 35.4 Å². The number of piperidine rings is 1. The number of oxime groups is 1. The van der Waals surface area contributed by atoms with Crippen molar-refractivity contribution in [1.82, 2.24) is 14.5 Å². The molecule has 1 spiro atoms. The zero-order chi connectivity index (χ0) is 31.1. The fourth-order valence-electron chi connectivity index (χ4n) is 7.65. The number of nitrogens with two attached hydrogens (primary N) is 1. The smallest absolute Gasteiger partial charge is 0.292 e. The number of fused-ring (bicyclic) bond motifs is 2. The van der Waals surface area contributed by atoms with Gasteiger partial charge in [0.05, 0.1) is 41.0 Å². The highest BCUT2D eigenvalue weighted by Gasteiger charge is 2.58. The van der Waals surface area contributed by atoms with E-state index >= 15 is 0 Å². The summed E-state index contributed by atoms with van der Waals surface area (Å²) in [5.41, 5.74) is 10.5. The Hall–Kier alpha value is -4.02. The van der Waals surface area contributed by atoms with E-state index in [9.17, 15) is 5.21 Å². The van der Waals surface area contributed by atoms with Crippen molar-refractivity contribution in [2.75, 3.05) is 31.2 Å². The first-order valence-electron chi connectivity index (χ1n) is 15.6. The van der Waals surface area contributed by atoms with Crippen LogP contribution in [0.2, 0.25) is 5.02 Å². The number of hydrogen-bond acceptors (Lipinski definition) is 8. The van der Waals surface area contributed by atoms with E-state index in [4.69, 9.17) is 36.5 Å². The van der Waals surface area contributed by atoms with E-state index in [2.05, 4.69) is 39.5 Å². The maximum Gasteiger partial charge on any atom is 0.292 e. The Balaban J connectivity index is 1.06. The summed E-state index contributed by atoms with van der Waals surface area (Å²) in [7, 11) is 0. The van der Waals surface area contributed by atoms with Gasteiger partial charge in [0.15, 0.2) is 17.3 Å². The highest BCUT2D eigenvalue weighted by Crippen LogP contribution is 2.66. The van der Waals surface area contributed by atoms with Gasteiger partial charge in [-0.1, -0.05) is 36.7 Å². The van der Waals surface area contributed by atoms with Crippen LogP contribution in [0, 0.1) is 10.8 Å². The second-order valence-electron chi connectivity index (χ2n) is 13.8. The average molecular weight is 629 g/mol. The highest BCUT2D eigenvalue weighted by atomic mass is 35.5. The lowest BCUT2D eigenvalue weighted by atomic mass is 9.87. The molecule has 0 unspecified atom stereocenters. The SMILES string of the molecule is CC1(C)COC[C@H]1n1c([C@@H]2CC23CCN(c2cccc4c2O[C@@](C)(c2ccc(Cl)cn2)O4)CC3)nc2ccc(/C(N)=N/O)cc21. The van der Waals surface area contributed by atoms with Crippen LogP contribution >= 0.6 is 11.6 Å². The number of rotatable bonds is 5. The maximum atomic E-state index is 9.33. The summed E-state index contributed by atoms with van der Waals surface area (Å²) in [6.45, 7) is 9.57. The van der Waals surface area contributed by atoms with Crippen molar-refractivity contribution in [3.05, 3.63) is 76.8 Å². The van der Waals surface area contributed by atoms with Gasteiger partial charge in [0.2, 0.25) is 0 Å². The van der Waals surface area contributed by atoms with Crippen LogP contribution in [-0.2, 0) is 10.5 Å². The number of benzene rings is 2. The maximum absolute atomic E-state index is 9.33. The summed E-state index contributed by atoms with van der Waals surface area (Å²) in [5.74, 6) is 2.03. The summed E-state index contributed by atoms with van der Waals surface area (Å²) >= 11 is 6.08. The predicted molar refractivity (Wildman–Crippen MR) is 171 cm³/mol. The highest BCUT2D eigenvalue weighted by molar-refractivity contribution is 6.30. The molecule has 1 aliphatic carbocycles. The predicted octanol–water partition coefficient (Wildman–Crippen LogP) is 6.19. The second-order valence-corrected chi connectivity index (χ2v) is 14.2. The zero-order valence-corrected chi connectivity index (χ0v) is 26.4. The van der Waals surface area contributed by atoms with Crippen molar-refractivity contribution in [1.29, 1.82) is 0 Å². The number of ether oxygens (including phenoxy) is 3. The molecule has 2 aromatic heterocycles. The summed E-state index contributed by atoms with van der Waals surface area (Å²) in [6.07, 6.45) is 4.84. The second kappa shape index (κ2) is 9.99. The van der Waals surface area contributed by atoms with E-state index in [-0.39, 0.29) is 22.7 Å². The summed E-state index contributed by atoms with van der Waals surface area (Å²) in [6, 6.07) is 15.7. The number of aromatic nitrogens is 3. The molecule has 10 nitrogen and oxygen atoms in total. The number of anilines is 1. The fourth-order valence-corrected chi connectivity index (χ4v) is 7.76. The molecule has 4 aliphatic rings. The molecule has 4 aromatic rings. The Labute approximate surface area is 266 Å². The van der Waals surface area contributed by atoms with Crippen molar-refractivity contribution in [3.63, 3.8) is 0 Å². The van der Waals surface area contributed by atoms with Gasteiger partial charge in [0.1, 0.15) is 11.5 Å². The minimum absolute atomic E-state index is 0.0494. The number of nitrogens with zero attached hydrogens (tertiary/aromatic N) is 5. The number of amidine groups is 1. The molecule has 3 N–H and O–H groups in total. The normalized spacial score (nSPS) is 26.6. The Kier molecular flexibility index (Phi) is 6.32. The molecule has 0 radical (unpaired) electrons. The van der Waals surface area contributed by atoms with Crippen molar-refractivity contribution >= 4 is 34.2 Å².